The second kappa shape index (κ2) is 6.27. The quantitative estimate of drug-likeness (QED) is 0.827. The first-order valence-electron chi connectivity index (χ1n) is 6.69. The number of amides is 2. The van der Waals surface area contributed by atoms with Gasteiger partial charge in [-0.25, -0.2) is 9.59 Å². The first kappa shape index (κ1) is 14.2. The lowest BCUT2D eigenvalue weighted by Gasteiger charge is -2.30. The fourth-order valence-corrected chi connectivity index (χ4v) is 2.10. The van der Waals surface area contributed by atoms with E-state index in [1.165, 1.54) is 11.0 Å². The Kier molecular flexibility index (Phi) is 4.45. The third kappa shape index (κ3) is 2.84. The van der Waals surface area contributed by atoms with Gasteiger partial charge < -0.3 is 15.2 Å². The van der Waals surface area contributed by atoms with Crippen molar-refractivity contribution < 1.29 is 19.4 Å². The summed E-state index contributed by atoms with van der Waals surface area (Å²) >= 11 is 0. The molecule has 0 spiro atoms. The highest BCUT2D eigenvalue weighted by atomic mass is 16.5. The van der Waals surface area contributed by atoms with Crippen molar-refractivity contribution in [3.8, 4) is 5.75 Å². The van der Waals surface area contributed by atoms with E-state index in [0.717, 1.165) is 12.8 Å². The average molecular weight is 278 g/mol. The number of nitrogens with zero attached hydrogens (tertiary/aromatic N) is 1. The summed E-state index contributed by atoms with van der Waals surface area (Å²) in [5.41, 5.74) is 0.582. The van der Waals surface area contributed by atoms with E-state index in [4.69, 9.17) is 9.84 Å². The summed E-state index contributed by atoms with van der Waals surface area (Å²) in [5, 5.41) is 12.0. The van der Waals surface area contributed by atoms with Crippen molar-refractivity contribution in [3.05, 3.63) is 23.8 Å². The molecule has 6 heteroatoms. The molecule has 1 heterocycles. The Bertz CT molecular complexity index is 516. The van der Waals surface area contributed by atoms with E-state index < -0.39 is 5.97 Å². The number of aromatic carboxylic acids is 1. The molecule has 0 radical (unpaired) electrons. The molecule has 0 aliphatic carbocycles. The number of carboxylic acid groups (broad SMARTS) is 1. The topological polar surface area (TPSA) is 78.9 Å². The highest BCUT2D eigenvalue weighted by molar-refractivity contribution is 5.99. The normalized spacial score (nSPS) is 13.3. The third-order valence-corrected chi connectivity index (χ3v) is 3.13. The second-order valence-corrected chi connectivity index (χ2v) is 4.54. The maximum Gasteiger partial charge on any atom is 0.339 e. The van der Waals surface area contributed by atoms with Crippen LogP contribution in [0.15, 0.2) is 18.2 Å². The monoisotopic (exact) mass is 278 g/mol. The molecule has 108 valence electrons. The lowest BCUT2D eigenvalue weighted by atomic mass is 10.1. The van der Waals surface area contributed by atoms with Crippen molar-refractivity contribution in [2.24, 2.45) is 0 Å². The Labute approximate surface area is 117 Å². The number of para-hydroxylation sites is 1. The number of hydrogen-bond donors (Lipinski definition) is 2. The summed E-state index contributed by atoms with van der Waals surface area (Å²) < 4.78 is 5.42. The maximum atomic E-state index is 12.1. The average Bonchev–Trinajstić information content (AvgIpc) is 2.46. The predicted octanol–water partition coefficient (Wildman–Crippen LogP) is 2.09. The van der Waals surface area contributed by atoms with Crippen LogP contribution in [0, 0.1) is 0 Å². The molecule has 0 aromatic heterocycles. The number of ether oxygens (including phenoxy) is 1. The number of fused-ring (bicyclic) bond motifs is 1. The SMILES string of the molecule is CCCCNC(=O)N1CCOc2c(C(=O)O)cccc21. The number of carbonyl (C=O) groups excluding carboxylic acids is 1. The summed E-state index contributed by atoms with van der Waals surface area (Å²) in [6.07, 6.45) is 1.92. The van der Waals surface area contributed by atoms with Gasteiger partial charge in [-0.2, -0.15) is 0 Å². The number of carboxylic acids is 1. The molecule has 6 nitrogen and oxygen atoms in total. The Morgan fingerprint density at radius 3 is 2.95 bits per heavy atom. The van der Waals surface area contributed by atoms with Crippen LogP contribution in [0.4, 0.5) is 10.5 Å². The van der Waals surface area contributed by atoms with Crippen LogP contribution in [-0.2, 0) is 0 Å². The first-order valence-corrected chi connectivity index (χ1v) is 6.69. The molecule has 1 aliphatic rings. The van der Waals surface area contributed by atoms with Gasteiger partial charge in [0.05, 0.1) is 12.2 Å². The Hall–Kier alpha value is -2.24. The zero-order chi connectivity index (χ0) is 14.5. The van der Waals surface area contributed by atoms with Crippen LogP contribution < -0.4 is 15.0 Å². The van der Waals surface area contributed by atoms with Crippen LogP contribution in [0.3, 0.4) is 0 Å². The molecule has 2 N–H and O–H groups in total. The van der Waals surface area contributed by atoms with Gasteiger partial charge in [-0.1, -0.05) is 19.4 Å². The van der Waals surface area contributed by atoms with Crippen molar-refractivity contribution >= 4 is 17.7 Å². The molecule has 1 aliphatic heterocycles. The molecule has 2 rings (SSSR count). The molecule has 0 atom stereocenters. The molecular formula is C14H18N2O4. The standard InChI is InChI=1S/C14H18N2O4/c1-2-3-7-15-14(19)16-8-9-20-12-10(13(17)18)5-4-6-11(12)16/h4-6H,2-3,7-9H2,1H3,(H,15,19)(H,17,18). The van der Waals surface area contributed by atoms with Crippen molar-refractivity contribution in [1.29, 1.82) is 0 Å². The van der Waals surface area contributed by atoms with Gasteiger partial charge in [0.25, 0.3) is 0 Å². The van der Waals surface area contributed by atoms with Gasteiger partial charge in [-0.05, 0) is 18.6 Å². The van der Waals surface area contributed by atoms with Crippen LogP contribution in [0.1, 0.15) is 30.1 Å². The molecule has 0 bridgehead atoms. The molecule has 2 amide bonds. The van der Waals surface area contributed by atoms with Crippen LogP contribution in [-0.4, -0.2) is 36.8 Å². The molecule has 1 aromatic carbocycles. The summed E-state index contributed by atoms with van der Waals surface area (Å²) in [6.45, 7) is 3.36. The van der Waals surface area contributed by atoms with Gasteiger partial charge in [0.2, 0.25) is 0 Å². The molecule has 0 saturated heterocycles. The van der Waals surface area contributed by atoms with Gasteiger partial charge in [0.15, 0.2) is 5.75 Å². The Balaban J connectivity index is 2.22. The van der Waals surface area contributed by atoms with Gasteiger partial charge in [0.1, 0.15) is 12.2 Å². The van der Waals surface area contributed by atoms with Crippen molar-refractivity contribution in [2.45, 2.75) is 19.8 Å². The molecule has 20 heavy (non-hydrogen) atoms. The minimum absolute atomic E-state index is 0.0774. The van der Waals surface area contributed by atoms with Crippen LogP contribution in [0.25, 0.3) is 0 Å². The van der Waals surface area contributed by atoms with E-state index in [1.807, 2.05) is 0 Å². The first-order chi connectivity index (χ1) is 9.65. The number of urea groups is 1. The summed E-state index contributed by atoms with van der Waals surface area (Å²) in [6, 6.07) is 4.56. The molecule has 1 aromatic rings. The molecule has 0 fully saturated rings. The summed E-state index contributed by atoms with van der Waals surface area (Å²) in [7, 11) is 0. The summed E-state index contributed by atoms with van der Waals surface area (Å²) in [5.74, 6) is -0.799. The second-order valence-electron chi connectivity index (χ2n) is 4.54. The van der Waals surface area contributed by atoms with E-state index in [2.05, 4.69) is 12.2 Å². The van der Waals surface area contributed by atoms with E-state index in [9.17, 15) is 9.59 Å². The molecular weight excluding hydrogens is 260 g/mol. The number of hydrogen-bond acceptors (Lipinski definition) is 3. The van der Waals surface area contributed by atoms with E-state index in [1.54, 1.807) is 12.1 Å². The smallest absolute Gasteiger partial charge is 0.339 e. The lowest BCUT2D eigenvalue weighted by molar-refractivity contribution is 0.0692. The molecule has 0 unspecified atom stereocenters. The van der Waals surface area contributed by atoms with Gasteiger partial charge in [-0.3, -0.25) is 4.90 Å². The van der Waals surface area contributed by atoms with Gasteiger partial charge >= 0.3 is 12.0 Å². The number of anilines is 1. The minimum Gasteiger partial charge on any atom is -0.489 e. The molecule has 0 saturated carbocycles. The zero-order valence-electron chi connectivity index (χ0n) is 11.4. The fraction of sp³-hybridized carbons (Fsp3) is 0.429. The highest BCUT2D eigenvalue weighted by Gasteiger charge is 2.27. The van der Waals surface area contributed by atoms with Crippen molar-refractivity contribution in [2.75, 3.05) is 24.6 Å². The van der Waals surface area contributed by atoms with Crippen LogP contribution >= 0.6 is 0 Å². The van der Waals surface area contributed by atoms with Gasteiger partial charge in [-0.15, -0.1) is 0 Å². The lowest BCUT2D eigenvalue weighted by Crippen LogP contribution is -2.44. The number of carbonyl (C=O) groups is 2. The zero-order valence-corrected chi connectivity index (χ0v) is 11.4. The van der Waals surface area contributed by atoms with E-state index in [-0.39, 0.29) is 17.3 Å². The maximum absolute atomic E-state index is 12.1. The predicted molar refractivity (Wildman–Crippen MR) is 74.5 cm³/mol. The van der Waals surface area contributed by atoms with E-state index >= 15 is 0 Å². The van der Waals surface area contributed by atoms with Gasteiger partial charge in [0, 0.05) is 6.54 Å². The van der Waals surface area contributed by atoms with Crippen molar-refractivity contribution in [1.82, 2.24) is 5.32 Å². The number of unbranched alkanes of at least 4 members (excludes halogenated alkanes) is 1. The third-order valence-electron chi connectivity index (χ3n) is 3.13. The number of rotatable bonds is 4. The van der Waals surface area contributed by atoms with E-state index in [0.29, 0.717) is 25.4 Å². The highest BCUT2D eigenvalue weighted by Crippen LogP contribution is 2.34. The van der Waals surface area contributed by atoms with Crippen LogP contribution in [0.2, 0.25) is 0 Å². The Morgan fingerprint density at radius 2 is 2.25 bits per heavy atom. The Morgan fingerprint density at radius 1 is 1.45 bits per heavy atom. The number of benzene rings is 1. The number of nitrogens with one attached hydrogen (secondary N) is 1. The fourth-order valence-electron chi connectivity index (χ4n) is 2.10. The summed E-state index contributed by atoms with van der Waals surface area (Å²) in [4.78, 5) is 24.8. The minimum atomic E-state index is -1.06. The van der Waals surface area contributed by atoms with Crippen molar-refractivity contribution in [3.63, 3.8) is 0 Å². The largest absolute Gasteiger partial charge is 0.489 e. The van der Waals surface area contributed by atoms with Crippen LogP contribution in [0.5, 0.6) is 5.75 Å².